The molecule has 0 aromatic carbocycles. The summed E-state index contributed by atoms with van der Waals surface area (Å²) in [5, 5.41) is 13.6. The van der Waals surface area contributed by atoms with Gasteiger partial charge in [-0.15, -0.1) is 0 Å². The van der Waals surface area contributed by atoms with Crippen LogP contribution >= 0.6 is 0 Å². The van der Waals surface area contributed by atoms with Gasteiger partial charge in [0.1, 0.15) is 11.6 Å². The molecule has 0 atom stereocenters. The van der Waals surface area contributed by atoms with Gasteiger partial charge in [-0.05, 0) is 43.7 Å². The van der Waals surface area contributed by atoms with Gasteiger partial charge in [0.2, 0.25) is 0 Å². The predicted molar refractivity (Wildman–Crippen MR) is 74.1 cm³/mol. The molecule has 6 N–H and O–H groups in total. The van der Waals surface area contributed by atoms with Crippen molar-refractivity contribution in [1.29, 1.82) is 0 Å². The van der Waals surface area contributed by atoms with E-state index in [1.165, 1.54) is 0 Å². The third kappa shape index (κ3) is 3.04. The third-order valence-electron chi connectivity index (χ3n) is 3.76. The quantitative estimate of drug-likeness (QED) is 0.653. The van der Waals surface area contributed by atoms with Crippen molar-refractivity contribution in [2.45, 2.75) is 38.2 Å². The Hall–Kier alpha value is -1.49. The van der Waals surface area contributed by atoms with Crippen molar-refractivity contribution in [2.75, 3.05) is 23.3 Å². The number of nitrogen functional groups attached to an aromatic ring is 2. The van der Waals surface area contributed by atoms with Gasteiger partial charge in [-0.2, -0.15) is 0 Å². The summed E-state index contributed by atoms with van der Waals surface area (Å²) in [7, 11) is 0. The molecule has 0 spiro atoms. The Morgan fingerprint density at radius 3 is 2.67 bits per heavy atom. The standard InChI is InChI=1S/C13H22N4O/c1-9-4-6-13(18,7-5-9)8-16-11-3-2-10(14)12(15)17-11/h2-3,9,18H,4-8,14H2,1H3,(H3,15,16,17). The van der Waals surface area contributed by atoms with Gasteiger partial charge in [-0.1, -0.05) is 6.92 Å². The molecule has 1 aliphatic rings. The fraction of sp³-hybridized carbons (Fsp3) is 0.615. The molecule has 1 fully saturated rings. The minimum absolute atomic E-state index is 0.323. The molecule has 18 heavy (non-hydrogen) atoms. The van der Waals surface area contributed by atoms with Crippen LogP contribution in [0.4, 0.5) is 17.3 Å². The molecule has 5 nitrogen and oxygen atoms in total. The van der Waals surface area contributed by atoms with Gasteiger partial charge in [-0.25, -0.2) is 4.98 Å². The van der Waals surface area contributed by atoms with Crippen LogP contribution in [0.1, 0.15) is 32.6 Å². The van der Waals surface area contributed by atoms with Crippen molar-refractivity contribution in [2.24, 2.45) is 5.92 Å². The second kappa shape index (κ2) is 5.02. The maximum Gasteiger partial charge on any atom is 0.149 e. The topological polar surface area (TPSA) is 97.2 Å². The largest absolute Gasteiger partial charge is 0.396 e. The van der Waals surface area contributed by atoms with Crippen molar-refractivity contribution in [1.82, 2.24) is 4.98 Å². The van der Waals surface area contributed by atoms with Crippen LogP contribution in [0.2, 0.25) is 0 Å². The van der Waals surface area contributed by atoms with E-state index in [1.807, 2.05) is 0 Å². The first-order valence-electron chi connectivity index (χ1n) is 6.47. The Morgan fingerprint density at radius 1 is 1.39 bits per heavy atom. The van der Waals surface area contributed by atoms with Crippen LogP contribution in [-0.2, 0) is 0 Å². The van der Waals surface area contributed by atoms with Crippen LogP contribution in [0.5, 0.6) is 0 Å². The first kappa shape index (κ1) is 13.0. The smallest absolute Gasteiger partial charge is 0.149 e. The van der Waals surface area contributed by atoms with E-state index < -0.39 is 5.60 Å². The number of hydrogen-bond donors (Lipinski definition) is 4. The lowest BCUT2D eigenvalue weighted by molar-refractivity contribution is 0.00495. The van der Waals surface area contributed by atoms with Crippen molar-refractivity contribution >= 4 is 17.3 Å². The Bertz CT molecular complexity index is 413. The summed E-state index contributed by atoms with van der Waals surface area (Å²) in [5.74, 6) is 1.70. The number of anilines is 3. The Balaban J connectivity index is 1.92. The zero-order valence-corrected chi connectivity index (χ0v) is 10.8. The van der Waals surface area contributed by atoms with Gasteiger partial charge < -0.3 is 21.9 Å². The summed E-state index contributed by atoms with van der Waals surface area (Å²) in [6.45, 7) is 2.74. The minimum atomic E-state index is -0.621. The molecule has 0 radical (unpaired) electrons. The number of nitrogens with one attached hydrogen (secondary N) is 1. The van der Waals surface area contributed by atoms with E-state index >= 15 is 0 Å². The molecule has 1 saturated carbocycles. The summed E-state index contributed by atoms with van der Waals surface area (Å²) < 4.78 is 0. The number of aliphatic hydroxyl groups is 1. The summed E-state index contributed by atoms with van der Waals surface area (Å²) in [5.41, 5.74) is 11.1. The van der Waals surface area contributed by atoms with Crippen molar-refractivity contribution < 1.29 is 5.11 Å². The van der Waals surface area contributed by atoms with Gasteiger partial charge in [0.25, 0.3) is 0 Å². The lowest BCUT2D eigenvalue weighted by Crippen LogP contribution is -2.40. The number of nitrogens with zero attached hydrogens (tertiary/aromatic N) is 1. The van der Waals surface area contributed by atoms with Crippen LogP contribution in [-0.4, -0.2) is 22.2 Å². The van der Waals surface area contributed by atoms with Crippen molar-refractivity contribution in [3.8, 4) is 0 Å². The zero-order chi connectivity index (χ0) is 13.2. The molecule has 1 aromatic rings. The molecule has 5 heteroatoms. The minimum Gasteiger partial charge on any atom is -0.396 e. The molecule has 2 rings (SSSR count). The fourth-order valence-corrected chi connectivity index (χ4v) is 2.32. The average molecular weight is 250 g/mol. The lowest BCUT2D eigenvalue weighted by Gasteiger charge is -2.35. The normalized spacial score (nSPS) is 28.0. The molecule has 1 heterocycles. The van der Waals surface area contributed by atoms with E-state index in [0.29, 0.717) is 23.9 Å². The van der Waals surface area contributed by atoms with Gasteiger partial charge in [0.15, 0.2) is 0 Å². The van der Waals surface area contributed by atoms with Crippen molar-refractivity contribution in [3.63, 3.8) is 0 Å². The average Bonchev–Trinajstić information content (AvgIpc) is 2.35. The molecule has 100 valence electrons. The van der Waals surface area contributed by atoms with E-state index in [4.69, 9.17) is 11.5 Å². The molecule has 0 bridgehead atoms. The van der Waals surface area contributed by atoms with Crippen LogP contribution in [0.25, 0.3) is 0 Å². The molecule has 0 amide bonds. The van der Waals surface area contributed by atoms with E-state index in [2.05, 4.69) is 17.2 Å². The van der Waals surface area contributed by atoms with Crippen LogP contribution in [0, 0.1) is 5.92 Å². The maximum absolute atomic E-state index is 10.4. The number of aromatic nitrogens is 1. The highest BCUT2D eigenvalue weighted by Gasteiger charge is 2.31. The molecule has 1 aromatic heterocycles. The first-order chi connectivity index (χ1) is 8.48. The highest BCUT2D eigenvalue weighted by molar-refractivity contribution is 5.61. The Kier molecular flexibility index (Phi) is 3.61. The number of hydrogen-bond acceptors (Lipinski definition) is 5. The highest BCUT2D eigenvalue weighted by Crippen LogP contribution is 2.31. The molecule has 0 aliphatic heterocycles. The molecule has 0 saturated heterocycles. The van der Waals surface area contributed by atoms with Gasteiger partial charge >= 0.3 is 0 Å². The van der Waals surface area contributed by atoms with Gasteiger partial charge in [-0.3, -0.25) is 0 Å². The predicted octanol–water partition coefficient (Wildman–Crippen LogP) is 1.60. The van der Waals surface area contributed by atoms with Crippen LogP contribution in [0.15, 0.2) is 12.1 Å². The first-order valence-corrected chi connectivity index (χ1v) is 6.47. The summed E-state index contributed by atoms with van der Waals surface area (Å²) >= 11 is 0. The summed E-state index contributed by atoms with van der Waals surface area (Å²) in [6, 6.07) is 3.50. The summed E-state index contributed by atoms with van der Waals surface area (Å²) in [6.07, 6.45) is 3.84. The van der Waals surface area contributed by atoms with E-state index in [0.717, 1.165) is 31.6 Å². The SMILES string of the molecule is CC1CCC(O)(CNc2ccc(N)c(N)n2)CC1. The number of rotatable bonds is 3. The second-order valence-electron chi connectivity index (χ2n) is 5.43. The van der Waals surface area contributed by atoms with Crippen LogP contribution in [0.3, 0.4) is 0 Å². The maximum atomic E-state index is 10.4. The lowest BCUT2D eigenvalue weighted by atomic mass is 9.79. The van der Waals surface area contributed by atoms with Gasteiger partial charge in [0, 0.05) is 6.54 Å². The highest BCUT2D eigenvalue weighted by atomic mass is 16.3. The third-order valence-corrected chi connectivity index (χ3v) is 3.76. The molecular formula is C13H22N4O. The monoisotopic (exact) mass is 250 g/mol. The van der Waals surface area contributed by atoms with Gasteiger partial charge in [0.05, 0.1) is 11.3 Å². The molecule has 1 aliphatic carbocycles. The number of nitrogens with two attached hydrogens (primary N) is 2. The van der Waals surface area contributed by atoms with Crippen molar-refractivity contribution in [3.05, 3.63) is 12.1 Å². The zero-order valence-electron chi connectivity index (χ0n) is 10.8. The molecule has 0 unspecified atom stereocenters. The molecular weight excluding hydrogens is 228 g/mol. The van der Waals surface area contributed by atoms with E-state index in [-0.39, 0.29) is 0 Å². The second-order valence-corrected chi connectivity index (χ2v) is 5.43. The fourth-order valence-electron chi connectivity index (χ4n) is 2.32. The van der Waals surface area contributed by atoms with Crippen LogP contribution < -0.4 is 16.8 Å². The Labute approximate surface area is 108 Å². The van der Waals surface area contributed by atoms with E-state index in [1.54, 1.807) is 12.1 Å². The number of pyridine rings is 1. The summed E-state index contributed by atoms with van der Waals surface area (Å²) in [4.78, 5) is 4.13. The Morgan fingerprint density at radius 2 is 2.06 bits per heavy atom. The van der Waals surface area contributed by atoms with E-state index in [9.17, 15) is 5.11 Å².